The van der Waals surface area contributed by atoms with Crippen molar-refractivity contribution in [3.63, 3.8) is 0 Å². The van der Waals surface area contributed by atoms with Gasteiger partial charge in [-0.05, 0) is 51.2 Å². The molecule has 1 saturated carbocycles. The van der Waals surface area contributed by atoms with Crippen molar-refractivity contribution in [1.82, 2.24) is 15.2 Å². The zero-order valence-electron chi connectivity index (χ0n) is 14.1. The van der Waals surface area contributed by atoms with Crippen LogP contribution in [0.25, 0.3) is 10.2 Å². The minimum absolute atomic E-state index is 0.262. The van der Waals surface area contributed by atoms with E-state index in [2.05, 4.69) is 17.3 Å². The van der Waals surface area contributed by atoms with Crippen LogP contribution < -0.4 is 5.32 Å². The summed E-state index contributed by atoms with van der Waals surface area (Å²) in [5.41, 5.74) is 1.42. The lowest BCUT2D eigenvalue weighted by Gasteiger charge is -2.35. The molecule has 4 nitrogen and oxygen atoms in total. The molecule has 1 aliphatic heterocycles. The van der Waals surface area contributed by atoms with Crippen LogP contribution in [0.4, 0.5) is 8.78 Å². The highest BCUT2D eigenvalue weighted by Gasteiger charge is 2.45. The van der Waals surface area contributed by atoms with Gasteiger partial charge in [0.2, 0.25) is 0 Å². The summed E-state index contributed by atoms with van der Waals surface area (Å²) in [5, 5.41) is 3.83. The molecule has 0 bridgehead atoms. The van der Waals surface area contributed by atoms with Crippen molar-refractivity contribution in [2.45, 2.75) is 43.6 Å². The van der Waals surface area contributed by atoms with E-state index in [9.17, 15) is 13.6 Å². The van der Waals surface area contributed by atoms with Crippen molar-refractivity contribution >= 4 is 27.5 Å². The van der Waals surface area contributed by atoms with Crippen LogP contribution in [-0.2, 0) is 0 Å². The monoisotopic (exact) mass is 365 g/mol. The van der Waals surface area contributed by atoms with Crippen LogP contribution in [0.3, 0.4) is 0 Å². The SMILES string of the molecule is CN1CCC(c2nc3ccc(C(=O)NC4CC(F)(F)C4)cc3s2)CC1. The molecule has 2 fully saturated rings. The maximum atomic E-state index is 12.9. The summed E-state index contributed by atoms with van der Waals surface area (Å²) in [5.74, 6) is -2.41. The van der Waals surface area contributed by atoms with Crippen molar-refractivity contribution in [3.8, 4) is 0 Å². The molecule has 1 amide bonds. The van der Waals surface area contributed by atoms with Gasteiger partial charge in [-0.1, -0.05) is 0 Å². The normalized spacial score (nSPS) is 22.0. The number of carbonyl (C=O) groups excluding carboxylic acids is 1. The van der Waals surface area contributed by atoms with Crippen molar-refractivity contribution in [3.05, 3.63) is 28.8 Å². The van der Waals surface area contributed by atoms with E-state index in [0.717, 1.165) is 41.2 Å². The number of hydrogen-bond donors (Lipinski definition) is 1. The fraction of sp³-hybridized carbons (Fsp3) is 0.556. The first kappa shape index (κ1) is 16.8. The van der Waals surface area contributed by atoms with Crippen LogP contribution in [0, 0.1) is 0 Å². The standard InChI is InChI=1S/C18H21F2N3OS/c1-23-6-4-11(5-7-23)17-22-14-3-2-12(8-15(14)25-17)16(24)21-13-9-18(19,20)10-13/h2-3,8,11,13H,4-7,9-10H2,1H3,(H,21,24). The van der Waals surface area contributed by atoms with Crippen LogP contribution in [0.15, 0.2) is 18.2 Å². The number of rotatable bonds is 3. The first-order valence-electron chi connectivity index (χ1n) is 8.67. The van der Waals surface area contributed by atoms with E-state index in [1.165, 1.54) is 0 Å². The molecule has 4 rings (SSSR count). The molecule has 2 aromatic rings. The molecule has 2 heterocycles. The first-order chi connectivity index (χ1) is 11.9. The van der Waals surface area contributed by atoms with Gasteiger partial charge >= 0.3 is 0 Å². The quantitative estimate of drug-likeness (QED) is 0.903. The predicted octanol–water partition coefficient (Wildman–Crippen LogP) is 3.63. The number of halogens is 2. The van der Waals surface area contributed by atoms with E-state index in [1.807, 2.05) is 12.1 Å². The number of amides is 1. The molecule has 1 N–H and O–H groups in total. The van der Waals surface area contributed by atoms with Crippen LogP contribution >= 0.6 is 11.3 Å². The largest absolute Gasteiger partial charge is 0.349 e. The van der Waals surface area contributed by atoms with Gasteiger partial charge in [-0.15, -0.1) is 11.3 Å². The lowest BCUT2D eigenvalue weighted by molar-refractivity contribution is -0.0901. The summed E-state index contributed by atoms with van der Waals surface area (Å²) in [6.45, 7) is 2.17. The molecule has 1 saturated heterocycles. The number of alkyl halides is 2. The summed E-state index contributed by atoms with van der Waals surface area (Å²) in [6.07, 6.45) is 1.70. The van der Waals surface area contributed by atoms with Crippen molar-refractivity contribution in [1.29, 1.82) is 0 Å². The molecular formula is C18H21F2N3OS. The third kappa shape index (κ3) is 3.53. The Morgan fingerprint density at radius 1 is 1.32 bits per heavy atom. The molecule has 1 aliphatic carbocycles. The van der Waals surface area contributed by atoms with Gasteiger partial charge in [-0.25, -0.2) is 13.8 Å². The number of hydrogen-bond acceptors (Lipinski definition) is 4. The summed E-state index contributed by atoms with van der Waals surface area (Å²) in [7, 11) is 2.14. The fourth-order valence-corrected chi connectivity index (χ4v) is 4.72. The molecule has 1 aromatic carbocycles. The second-order valence-corrected chi connectivity index (χ2v) is 8.31. The average Bonchev–Trinajstić information content (AvgIpc) is 2.96. The van der Waals surface area contributed by atoms with E-state index in [0.29, 0.717) is 11.5 Å². The molecular weight excluding hydrogens is 344 g/mol. The number of nitrogens with one attached hydrogen (secondary N) is 1. The predicted molar refractivity (Wildman–Crippen MR) is 94.5 cm³/mol. The fourth-order valence-electron chi connectivity index (χ4n) is 3.55. The molecule has 1 aromatic heterocycles. The first-order valence-corrected chi connectivity index (χ1v) is 9.49. The van der Waals surface area contributed by atoms with Gasteiger partial charge in [0.1, 0.15) is 0 Å². The van der Waals surface area contributed by atoms with E-state index in [4.69, 9.17) is 4.98 Å². The van der Waals surface area contributed by atoms with Gasteiger partial charge in [-0.3, -0.25) is 4.79 Å². The summed E-state index contributed by atoms with van der Waals surface area (Å²) in [6, 6.07) is 4.99. The van der Waals surface area contributed by atoms with E-state index in [1.54, 1.807) is 17.4 Å². The van der Waals surface area contributed by atoms with E-state index in [-0.39, 0.29) is 18.7 Å². The second-order valence-electron chi connectivity index (χ2n) is 7.25. The van der Waals surface area contributed by atoms with Gasteiger partial charge in [0.15, 0.2) is 0 Å². The number of thiazole rings is 1. The molecule has 0 atom stereocenters. The topological polar surface area (TPSA) is 45.2 Å². The van der Waals surface area contributed by atoms with Gasteiger partial charge in [0.05, 0.1) is 15.2 Å². The Kier molecular flexibility index (Phi) is 4.24. The highest BCUT2D eigenvalue weighted by molar-refractivity contribution is 7.18. The third-order valence-corrected chi connectivity index (χ3v) is 6.34. The Bertz CT molecular complexity index is 791. The van der Waals surface area contributed by atoms with Gasteiger partial charge in [-0.2, -0.15) is 0 Å². The average molecular weight is 365 g/mol. The Morgan fingerprint density at radius 2 is 2.04 bits per heavy atom. The molecule has 0 spiro atoms. The third-order valence-electron chi connectivity index (χ3n) is 5.16. The summed E-state index contributed by atoms with van der Waals surface area (Å²) >= 11 is 1.65. The van der Waals surface area contributed by atoms with Gasteiger partial charge in [0, 0.05) is 30.4 Å². The number of benzene rings is 1. The maximum absolute atomic E-state index is 12.9. The lowest BCUT2D eigenvalue weighted by Crippen LogP contribution is -2.50. The van der Waals surface area contributed by atoms with Crippen molar-refractivity contribution in [2.24, 2.45) is 0 Å². The highest BCUT2D eigenvalue weighted by atomic mass is 32.1. The Labute approximate surface area is 149 Å². The van der Waals surface area contributed by atoms with Crippen LogP contribution in [0.2, 0.25) is 0 Å². The van der Waals surface area contributed by atoms with Crippen molar-refractivity contribution < 1.29 is 13.6 Å². The lowest BCUT2D eigenvalue weighted by atomic mass is 9.88. The molecule has 7 heteroatoms. The molecule has 2 aliphatic rings. The molecule has 0 radical (unpaired) electrons. The minimum Gasteiger partial charge on any atom is -0.349 e. The maximum Gasteiger partial charge on any atom is 0.252 e. The van der Waals surface area contributed by atoms with Crippen LogP contribution in [0.5, 0.6) is 0 Å². The second kappa shape index (κ2) is 6.29. The Morgan fingerprint density at radius 3 is 2.72 bits per heavy atom. The Balaban J connectivity index is 1.47. The Hall–Kier alpha value is -1.60. The summed E-state index contributed by atoms with van der Waals surface area (Å²) < 4.78 is 26.8. The number of nitrogens with zero attached hydrogens (tertiary/aromatic N) is 2. The number of carbonyl (C=O) groups is 1. The number of fused-ring (bicyclic) bond motifs is 1. The smallest absolute Gasteiger partial charge is 0.252 e. The van der Waals surface area contributed by atoms with E-state index < -0.39 is 12.0 Å². The van der Waals surface area contributed by atoms with Gasteiger partial charge < -0.3 is 10.2 Å². The molecule has 0 unspecified atom stereocenters. The number of aromatic nitrogens is 1. The van der Waals surface area contributed by atoms with Crippen molar-refractivity contribution in [2.75, 3.05) is 20.1 Å². The number of piperidine rings is 1. The van der Waals surface area contributed by atoms with E-state index >= 15 is 0 Å². The zero-order chi connectivity index (χ0) is 17.6. The van der Waals surface area contributed by atoms with Crippen LogP contribution in [-0.4, -0.2) is 47.9 Å². The summed E-state index contributed by atoms with van der Waals surface area (Å²) in [4.78, 5) is 19.3. The molecule has 25 heavy (non-hydrogen) atoms. The van der Waals surface area contributed by atoms with Gasteiger partial charge in [0.25, 0.3) is 11.8 Å². The zero-order valence-corrected chi connectivity index (χ0v) is 14.9. The molecule has 134 valence electrons. The minimum atomic E-state index is -2.62. The highest BCUT2D eigenvalue weighted by Crippen LogP contribution is 2.38. The number of likely N-dealkylation sites (tertiary alicyclic amines) is 1. The van der Waals surface area contributed by atoms with Crippen LogP contribution in [0.1, 0.15) is 47.0 Å².